The Bertz CT molecular complexity index is 859. The maximum absolute atomic E-state index is 12.7. The van der Waals surface area contributed by atoms with Crippen LogP contribution in [0.15, 0.2) is 48.5 Å². The van der Waals surface area contributed by atoms with E-state index >= 15 is 0 Å². The van der Waals surface area contributed by atoms with E-state index in [9.17, 15) is 19.5 Å². The van der Waals surface area contributed by atoms with Crippen molar-refractivity contribution in [1.82, 2.24) is 10.6 Å². The molecule has 0 saturated heterocycles. The molecule has 0 bridgehead atoms. The molecular formula is C20H20Cl2N2O4. The number of carbonyl (C=O) groups excluding carboxylic acids is 2. The number of amides is 2. The van der Waals surface area contributed by atoms with Crippen LogP contribution in [0.4, 0.5) is 0 Å². The van der Waals surface area contributed by atoms with E-state index in [0.29, 0.717) is 15.6 Å². The van der Waals surface area contributed by atoms with Crippen LogP contribution in [0.5, 0.6) is 0 Å². The largest absolute Gasteiger partial charge is 0.480 e. The normalized spacial score (nSPS) is 12.7. The van der Waals surface area contributed by atoms with E-state index in [4.69, 9.17) is 23.2 Å². The van der Waals surface area contributed by atoms with Gasteiger partial charge in [0, 0.05) is 29.8 Å². The van der Waals surface area contributed by atoms with E-state index in [1.54, 1.807) is 12.1 Å². The molecule has 2 aromatic rings. The van der Waals surface area contributed by atoms with Gasteiger partial charge in [0.05, 0.1) is 0 Å². The van der Waals surface area contributed by atoms with Crippen molar-refractivity contribution < 1.29 is 19.5 Å². The first-order valence-corrected chi connectivity index (χ1v) is 9.30. The average Bonchev–Trinajstić information content (AvgIpc) is 2.63. The summed E-state index contributed by atoms with van der Waals surface area (Å²) in [5, 5.41) is 15.3. The number of hydrogen-bond acceptors (Lipinski definition) is 3. The first-order valence-electron chi connectivity index (χ1n) is 8.54. The molecule has 148 valence electrons. The number of aliphatic carboxylic acids is 1. The molecule has 0 unspecified atom stereocenters. The topological polar surface area (TPSA) is 95.5 Å². The minimum atomic E-state index is -1.21. The van der Waals surface area contributed by atoms with Gasteiger partial charge in [0.2, 0.25) is 11.8 Å². The summed E-state index contributed by atoms with van der Waals surface area (Å²) in [6, 6.07) is 11.7. The molecule has 28 heavy (non-hydrogen) atoms. The number of rotatable bonds is 8. The van der Waals surface area contributed by atoms with Gasteiger partial charge in [-0.2, -0.15) is 0 Å². The minimum absolute atomic E-state index is 0.0186. The van der Waals surface area contributed by atoms with Gasteiger partial charge in [0.15, 0.2) is 0 Å². The third-order valence-electron chi connectivity index (χ3n) is 4.03. The fourth-order valence-corrected chi connectivity index (χ4v) is 3.17. The number of carboxylic acids is 1. The van der Waals surface area contributed by atoms with E-state index in [1.807, 2.05) is 30.3 Å². The van der Waals surface area contributed by atoms with E-state index in [2.05, 4.69) is 10.6 Å². The summed E-state index contributed by atoms with van der Waals surface area (Å²) in [4.78, 5) is 35.8. The van der Waals surface area contributed by atoms with Crippen LogP contribution in [0.25, 0.3) is 0 Å². The van der Waals surface area contributed by atoms with Gasteiger partial charge in [-0.25, -0.2) is 4.79 Å². The van der Waals surface area contributed by atoms with Crippen LogP contribution >= 0.6 is 23.2 Å². The Balaban J connectivity index is 2.14. The second-order valence-corrected chi connectivity index (χ2v) is 7.13. The van der Waals surface area contributed by atoms with Gasteiger partial charge >= 0.3 is 5.97 Å². The maximum atomic E-state index is 12.7. The lowest BCUT2D eigenvalue weighted by molar-refractivity contribution is -0.142. The van der Waals surface area contributed by atoms with Crippen molar-refractivity contribution in [3.63, 3.8) is 0 Å². The van der Waals surface area contributed by atoms with Gasteiger partial charge < -0.3 is 15.7 Å². The van der Waals surface area contributed by atoms with Crippen molar-refractivity contribution in [3.8, 4) is 0 Å². The van der Waals surface area contributed by atoms with E-state index in [0.717, 1.165) is 5.56 Å². The third-order valence-corrected chi connectivity index (χ3v) is 4.62. The molecule has 0 aromatic heterocycles. The van der Waals surface area contributed by atoms with Crippen LogP contribution in [-0.4, -0.2) is 35.0 Å². The molecule has 0 aliphatic heterocycles. The fraction of sp³-hybridized carbons (Fsp3) is 0.250. The Morgan fingerprint density at radius 2 is 1.64 bits per heavy atom. The summed E-state index contributed by atoms with van der Waals surface area (Å²) in [5.41, 5.74) is 1.38. The van der Waals surface area contributed by atoms with Gasteiger partial charge in [-0.3, -0.25) is 9.59 Å². The highest BCUT2D eigenvalue weighted by molar-refractivity contribution is 6.35. The SMILES string of the molecule is CC(=O)N[C@@H](Cc1ccccc1)C(=O)N[C@H](Cc1ccc(Cl)cc1Cl)C(=O)O. The first-order chi connectivity index (χ1) is 13.3. The smallest absolute Gasteiger partial charge is 0.326 e. The second kappa shape index (κ2) is 10.1. The second-order valence-electron chi connectivity index (χ2n) is 6.28. The van der Waals surface area contributed by atoms with Gasteiger partial charge in [-0.15, -0.1) is 0 Å². The number of nitrogens with one attached hydrogen (secondary N) is 2. The Hall–Kier alpha value is -2.57. The van der Waals surface area contributed by atoms with Gasteiger partial charge in [-0.05, 0) is 23.3 Å². The highest BCUT2D eigenvalue weighted by Gasteiger charge is 2.27. The predicted molar refractivity (Wildman–Crippen MR) is 107 cm³/mol. The number of carbonyl (C=O) groups is 3. The summed E-state index contributed by atoms with van der Waals surface area (Å²) in [5.74, 6) is -2.18. The zero-order valence-electron chi connectivity index (χ0n) is 15.1. The highest BCUT2D eigenvalue weighted by atomic mass is 35.5. The van der Waals surface area contributed by atoms with Gasteiger partial charge in [0.25, 0.3) is 0 Å². The third kappa shape index (κ3) is 6.55. The number of halogens is 2. The van der Waals surface area contributed by atoms with Crippen molar-refractivity contribution in [1.29, 1.82) is 0 Å². The minimum Gasteiger partial charge on any atom is -0.480 e. The molecule has 0 radical (unpaired) electrons. The molecule has 3 N–H and O–H groups in total. The molecular weight excluding hydrogens is 403 g/mol. The summed E-state index contributed by atoms with van der Waals surface area (Å²) in [7, 11) is 0. The predicted octanol–water partition coefficient (Wildman–Crippen LogP) is 2.85. The Kier molecular flexibility index (Phi) is 7.84. The number of benzene rings is 2. The molecule has 0 spiro atoms. The summed E-state index contributed by atoms with van der Waals surface area (Å²) >= 11 is 12.0. The molecule has 2 amide bonds. The summed E-state index contributed by atoms with van der Waals surface area (Å²) in [6.45, 7) is 1.30. The maximum Gasteiger partial charge on any atom is 0.326 e. The van der Waals surface area contributed by atoms with Crippen molar-refractivity contribution in [2.75, 3.05) is 0 Å². The molecule has 0 fully saturated rings. The average molecular weight is 423 g/mol. The fourth-order valence-electron chi connectivity index (χ4n) is 2.68. The van der Waals surface area contributed by atoms with Crippen LogP contribution in [0.3, 0.4) is 0 Å². The van der Waals surface area contributed by atoms with Crippen LogP contribution in [0, 0.1) is 0 Å². The van der Waals surface area contributed by atoms with Crippen molar-refractivity contribution in [2.24, 2.45) is 0 Å². The van der Waals surface area contributed by atoms with Crippen molar-refractivity contribution >= 4 is 41.0 Å². The molecule has 6 nitrogen and oxygen atoms in total. The van der Waals surface area contributed by atoms with Crippen LogP contribution in [0.2, 0.25) is 10.0 Å². The lowest BCUT2D eigenvalue weighted by atomic mass is 10.0. The molecule has 0 saturated carbocycles. The van der Waals surface area contributed by atoms with Crippen LogP contribution in [-0.2, 0) is 27.2 Å². The Morgan fingerprint density at radius 1 is 0.964 bits per heavy atom. The summed E-state index contributed by atoms with van der Waals surface area (Å²) < 4.78 is 0. The van der Waals surface area contributed by atoms with E-state index in [-0.39, 0.29) is 18.7 Å². The van der Waals surface area contributed by atoms with Crippen molar-refractivity contribution in [3.05, 3.63) is 69.7 Å². The van der Waals surface area contributed by atoms with Crippen LogP contribution in [0.1, 0.15) is 18.1 Å². The van der Waals surface area contributed by atoms with Crippen molar-refractivity contribution in [2.45, 2.75) is 31.8 Å². The molecule has 8 heteroatoms. The lowest BCUT2D eigenvalue weighted by Crippen LogP contribution is -2.52. The zero-order chi connectivity index (χ0) is 20.7. The number of hydrogen-bond donors (Lipinski definition) is 3. The van der Waals surface area contributed by atoms with Gasteiger partial charge in [0.1, 0.15) is 12.1 Å². The van der Waals surface area contributed by atoms with E-state index in [1.165, 1.54) is 13.0 Å². The first kappa shape index (κ1) is 21.7. The Morgan fingerprint density at radius 3 is 2.21 bits per heavy atom. The molecule has 0 heterocycles. The Labute approximate surface area is 172 Å². The molecule has 2 aromatic carbocycles. The zero-order valence-corrected chi connectivity index (χ0v) is 16.6. The summed E-state index contributed by atoms with van der Waals surface area (Å²) in [6.07, 6.45) is 0.218. The standard InChI is InChI=1S/C20H20Cl2N2O4/c1-12(25)23-17(9-13-5-3-2-4-6-13)19(26)24-18(20(27)28)10-14-7-8-15(21)11-16(14)22/h2-8,11,17-18H,9-10H2,1H3,(H,23,25)(H,24,26)(H,27,28)/t17-,18+/m0/s1. The molecule has 0 aliphatic carbocycles. The van der Waals surface area contributed by atoms with Gasteiger partial charge in [-0.1, -0.05) is 59.6 Å². The van der Waals surface area contributed by atoms with Crippen LogP contribution < -0.4 is 10.6 Å². The monoisotopic (exact) mass is 422 g/mol. The molecule has 2 atom stereocenters. The highest BCUT2D eigenvalue weighted by Crippen LogP contribution is 2.22. The molecule has 2 rings (SSSR count). The van der Waals surface area contributed by atoms with E-state index < -0.39 is 24.0 Å². The number of carboxylic acid groups (broad SMARTS) is 1. The quantitative estimate of drug-likeness (QED) is 0.609. The lowest BCUT2D eigenvalue weighted by Gasteiger charge is -2.21. The molecule has 0 aliphatic rings.